The lowest BCUT2D eigenvalue weighted by molar-refractivity contribution is 0.0478. The highest BCUT2D eigenvalue weighted by Gasteiger charge is 2.19. The molecule has 2 heterocycles. The van der Waals surface area contributed by atoms with Crippen molar-refractivity contribution in [2.75, 3.05) is 13.7 Å². The number of hydrogen-bond donors (Lipinski definition) is 0. The molecule has 0 atom stereocenters. The van der Waals surface area contributed by atoms with Crippen molar-refractivity contribution >= 4 is 11.7 Å². The molecule has 21 heavy (non-hydrogen) atoms. The average Bonchev–Trinajstić information content (AvgIpc) is 3.06. The van der Waals surface area contributed by atoms with E-state index in [4.69, 9.17) is 18.7 Å². The van der Waals surface area contributed by atoms with E-state index in [1.807, 2.05) is 6.07 Å². The third kappa shape index (κ3) is 2.74. The van der Waals surface area contributed by atoms with Crippen LogP contribution in [0.2, 0.25) is 0 Å². The number of nitrogens with zero attached hydrogens (tertiary/aromatic N) is 1. The molecule has 0 saturated carbocycles. The number of furan rings is 1. The number of fused-ring (bicyclic) bond motifs is 1. The van der Waals surface area contributed by atoms with Gasteiger partial charge in [-0.3, -0.25) is 0 Å². The fourth-order valence-electron chi connectivity index (χ4n) is 2.01. The van der Waals surface area contributed by atoms with Gasteiger partial charge in [0.05, 0.1) is 25.7 Å². The normalized spacial score (nSPS) is 15.2. The van der Waals surface area contributed by atoms with Gasteiger partial charge in [-0.25, -0.2) is 4.79 Å². The first-order valence-corrected chi connectivity index (χ1v) is 6.41. The molecule has 0 N–H and O–H groups in total. The monoisotopic (exact) mass is 287 g/mol. The molecule has 6 nitrogen and oxygen atoms in total. The fraction of sp³-hybridized carbons (Fsp3) is 0.200. The summed E-state index contributed by atoms with van der Waals surface area (Å²) in [4.78, 5) is 16.6. The highest BCUT2D eigenvalue weighted by atomic mass is 16.7. The molecule has 0 amide bonds. The van der Waals surface area contributed by atoms with Gasteiger partial charge in [0.15, 0.2) is 0 Å². The summed E-state index contributed by atoms with van der Waals surface area (Å²) < 4.78 is 15.7. The van der Waals surface area contributed by atoms with Gasteiger partial charge >= 0.3 is 5.97 Å². The minimum absolute atomic E-state index is 0.112. The van der Waals surface area contributed by atoms with Crippen molar-refractivity contribution in [3.05, 3.63) is 47.9 Å². The summed E-state index contributed by atoms with van der Waals surface area (Å²) in [5.41, 5.74) is 1.44. The molecule has 1 aliphatic rings. The van der Waals surface area contributed by atoms with Crippen molar-refractivity contribution < 1.29 is 23.5 Å². The summed E-state index contributed by atoms with van der Waals surface area (Å²) >= 11 is 0. The van der Waals surface area contributed by atoms with Crippen LogP contribution in [0.15, 0.2) is 46.2 Å². The summed E-state index contributed by atoms with van der Waals surface area (Å²) in [5.74, 6) is 0.839. The number of ether oxygens (including phenoxy) is 2. The quantitative estimate of drug-likeness (QED) is 0.641. The van der Waals surface area contributed by atoms with Crippen LogP contribution in [0.3, 0.4) is 0 Å². The summed E-state index contributed by atoms with van der Waals surface area (Å²) in [6.45, 7) is 0.470. The molecular formula is C15H13NO5. The standard InChI is InChI=1S/C15H13NO5/c1-18-10-4-5-11-12(6-8-20-14(11)9-10)16-21-15(17)13-3-2-7-19-13/h2-5,7,9H,6,8H2,1H3. The fourth-order valence-corrected chi connectivity index (χ4v) is 2.01. The van der Waals surface area contributed by atoms with Gasteiger partial charge in [-0.1, -0.05) is 5.16 Å². The Morgan fingerprint density at radius 1 is 1.33 bits per heavy atom. The first kappa shape index (κ1) is 13.2. The first-order valence-electron chi connectivity index (χ1n) is 6.41. The molecule has 1 aromatic heterocycles. The van der Waals surface area contributed by atoms with Crippen molar-refractivity contribution in [1.29, 1.82) is 0 Å². The first-order chi connectivity index (χ1) is 10.3. The maximum Gasteiger partial charge on any atom is 0.400 e. The highest BCUT2D eigenvalue weighted by molar-refractivity contribution is 6.04. The second-order valence-corrected chi connectivity index (χ2v) is 4.35. The Kier molecular flexibility index (Phi) is 3.59. The van der Waals surface area contributed by atoms with Crippen LogP contribution in [0.25, 0.3) is 0 Å². The van der Waals surface area contributed by atoms with Gasteiger partial charge in [0, 0.05) is 18.1 Å². The van der Waals surface area contributed by atoms with Gasteiger partial charge in [0.2, 0.25) is 5.76 Å². The van der Waals surface area contributed by atoms with E-state index >= 15 is 0 Å². The predicted octanol–water partition coefficient (Wildman–Crippen LogP) is 2.63. The Morgan fingerprint density at radius 2 is 2.24 bits per heavy atom. The largest absolute Gasteiger partial charge is 0.497 e. The Hall–Kier alpha value is -2.76. The van der Waals surface area contributed by atoms with E-state index < -0.39 is 5.97 Å². The zero-order chi connectivity index (χ0) is 14.7. The van der Waals surface area contributed by atoms with E-state index in [-0.39, 0.29) is 5.76 Å². The third-order valence-corrected chi connectivity index (χ3v) is 3.06. The van der Waals surface area contributed by atoms with Gasteiger partial charge in [0.1, 0.15) is 11.5 Å². The molecule has 1 aliphatic heterocycles. The van der Waals surface area contributed by atoms with Gasteiger partial charge < -0.3 is 18.7 Å². The van der Waals surface area contributed by atoms with Crippen LogP contribution < -0.4 is 9.47 Å². The van der Waals surface area contributed by atoms with Gasteiger partial charge in [0.25, 0.3) is 0 Å². The SMILES string of the molecule is COc1ccc2c(c1)OCCC2=NOC(=O)c1ccco1. The van der Waals surface area contributed by atoms with Crippen LogP contribution in [0.4, 0.5) is 0 Å². The minimum Gasteiger partial charge on any atom is -0.497 e. The molecule has 0 unspecified atom stereocenters. The Labute approximate surface area is 120 Å². The lowest BCUT2D eigenvalue weighted by atomic mass is 10.0. The van der Waals surface area contributed by atoms with Crippen LogP contribution in [-0.2, 0) is 4.84 Å². The molecular weight excluding hydrogens is 274 g/mol. The lowest BCUT2D eigenvalue weighted by Crippen LogP contribution is -2.17. The second-order valence-electron chi connectivity index (χ2n) is 4.35. The maximum atomic E-state index is 11.7. The van der Waals surface area contributed by atoms with E-state index in [1.165, 1.54) is 12.3 Å². The smallest absolute Gasteiger partial charge is 0.400 e. The number of carbonyl (C=O) groups is 1. The van der Waals surface area contributed by atoms with Gasteiger partial charge in [-0.05, 0) is 24.3 Å². The number of benzene rings is 1. The zero-order valence-corrected chi connectivity index (χ0v) is 11.4. The Bertz CT molecular complexity index is 675. The second kappa shape index (κ2) is 5.70. The molecule has 0 aliphatic carbocycles. The van der Waals surface area contributed by atoms with Crippen molar-refractivity contribution in [2.24, 2.45) is 5.16 Å². The van der Waals surface area contributed by atoms with Crippen molar-refractivity contribution in [3.63, 3.8) is 0 Å². The van der Waals surface area contributed by atoms with E-state index in [0.29, 0.717) is 30.2 Å². The number of rotatable bonds is 3. The van der Waals surface area contributed by atoms with Crippen LogP contribution in [-0.4, -0.2) is 25.4 Å². The van der Waals surface area contributed by atoms with E-state index in [0.717, 1.165) is 5.56 Å². The Morgan fingerprint density at radius 3 is 3.00 bits per heavy atom. The highest BCUT2D eigenvalue weighted by Crippen LogP contribution is 2.29. The third-order valence-electron chi connectivity index (χ3n) is 3.06. The maximum absolute atomic E-state index is 11.7. The molecule has 1 aromatic carbocycles. The van der Waals surface area contributed by atoms with E-state index in [1.54, 1.807) is 25.3 Å². The van der Waals surface area contributed by atoms with Crippen molar-refractivity contribution in [1.82, 2.24) is 0 Å². The van der Waals surface area contributed by atoms with Gasteiger partial charge in [-0.15, -0.1) is 0 Å². The molecule has 0 spiro atoms. The summed E-state index contributed by atoms with van der Waals surface area (Å²) in [6, 6.07) is 8.54. The molecule has 6 heteroatoms. The summed E-state index contributed by atoms with van der Waals surface area (Å²) in [6.07, 6.45) is 1.96. The molecule has 2 aromatic rings. The molecule has 0 fully saturated rings. The van der Waals surface area contributed by atoms with Crippen LogP contribution in [0.1, 0.15) is 22.5 Å². The molecule has 108 valence electrons. The topological polar surface area (TPSA) is 70.3 Å². The van der Waals surface area contributed by atoms with E-state index in [2.05, 4.69) is 5.16 Å². The van der Waals surface area contributed by atoms with Crippen LogP contribution >= 0.6 is 0 Å². The number of hydrogen-bond acceptors (Lipinski definition) is 6. The molecule has 0 bridgehead atoms. The minimum atomic E-state index is -0.631. The summed E-state index contributed by atoms with van der Waals surface area (Å²) in [7, 11) is 1.59. The zero-order valence-electron chi connectivity index (χ0n) is 11.4. The number of methoxy groups -OCH3 is 1. The number of oxime groups is 1. The molecule has 0 saturated heterocycles. The van der Waals surface area contributed by atoms with Crippen molar-refractivity contribution in [2.45, 2.75) is 6.42 Å². The van der Waals surface area contributed by atoms with Crippen molar-refractivity contribution in [3.8, 4) is 11.5 Å². The molecule has 3 rings (SSSR count). The van der Waals surface area contributed by atoms with Crippen LogP contribution in [0.5, 0.6) is 11.5 Å². The molecule has 0 radical (unpaired) electrons. The van der Waals surface area contributed by atoms with Crippen LogP contribution in [0, 0.1) is 0 Å². The van der Waals surface area contributed by atoms with Gasteiger partial charge in [-0.2, -0.15) is 0 Å². The van der Waals surface area contributed by atoms with E-state index in [9.17, 15) is 4.79 Å². The Balaban J connectivity index is 1.81. The summed E-state index contributed by atoms with van der Waals surface area (Å²) in [5, 5.41) is 3.92. The lowest BCUT2D eigenvalue weighted by Gasteiger charge is -2.18. The number of carbonyl (C=O) groups excluding carboxylic acids is 1. The average molecular weight is 287 g/mol. The predicted molar refractivity (Wildman–Crippen MR) is 73.8 cm³/mol.